The minimum absolute atomic E-state index is 0.329. The van der Waals surface area contributed by atoms with Gasteiger partial charge in [-0.3, -0.25) is 0 Å². The Balaban J connectivity index is 2.68. The van der Waals surface area contributed by atoms with Crippen LogP contribution in [0, 0.1) is 6.92 Å². The summed E-state index contributed by atoms with van der Waals surface area (Å²) in [4.78, 5) is 4.27. The summed E-state index contributed by atoms with van der Waals surface area (Å²) in [6.45, 7) is 7.63. The first-order valence-corrected chi connectivity index (χ1v) is 5.18. The highest BCUT2D eigenvalue weighted by molar-refractivity contribution is 7.13. The van der Waals surface area contributed by atoms with E-state index < -0.39 is 6.10 Å². The van der Waals surface area contributed by atoms with Crippen molar-refractivity contribution < 1.29 is 5.11 Å². The number of nitrogens with one attached hydrogen (secondary N) is 1. The molecule has 0 aliphatic carbocycles. The van der Waals surface area contributed by atoms with Gasteiger partial charge in [-0.1, -0.05) is 0 Å². The summed E-state index contributed by atoms with van der Waals surface area (Å²) in [7, 11) is 0. The van der Waals surface area contributed by atoms with Crippen molar-refractivity contribution in [1.29, 1.82) is 0 Å². The molecule has 0 fully saturated rings. The lowest BCUT2D eigenvalue weighted by atomic mass is 9.99. The standard InChI is InChI=1S/C9H16N2OS/c1-6-5-13-8(10-6)11-9(3,4)7(2)12/h5,7,12H,1-4H3,(H,10,11). The predicted octanol–water partition coefficient (Wildman–Crippen LogP) is 2.02. The fourth-order valence-electron chi connectivity index (χ4n) is 0.791. The number of aromatic nitrogens is 1. The monoisotopic (exact) mass is 200 g/mol. The van der Waals surface area contributed by atoms with E-state index in [4.69, 9.17) is 0 Å². The molecule has 0 aromatic carbocycles. The zero-order valence-corrected chi connectivity index (χ0v) is 9.27. The van der Waals surface area contributed by atoms with Crippen molar-refractivity contribution >= 4 is 16.5 Å². The average Bonchev–Trinajstić information content (AvgIpc) is 2.34. The van der Waals surface area contributed by atoms with Crippen LogP contribution in [0.2, 0.25) is 0 Å². The number of hydrogen-bond acceptors (Lipinski definition) is 4. The second-order valence-electron chi connectivity index (χ2n) is 3.82. The number of aliphatic hydroxyl groups excluding tert-OH is 1. The minimum Gasteiger partial charge on any atom is -0.391 e. The molecule has 0 spiro atoms. The molecule has 0 bridgehead atoms. The number of rotatable bonds is 3. The van der Waals surface area contributed by atoms with Crippen LogP contribution in [-0.2, 0) is 0 Å². The average molecular weight is 200 g/mol. The Labute approximate surface area is 82.8 Å². The van der Waals surface area contributed by atoms with E-state index in [1.807, 2.05) is 26.2 Å². The second-order valence-corrected chi connectivity index (χ2v) is 4.67. The maximum atomic E-state index is 9.46. The molecule has 2 N–H and O–H groups in total. The zero-order valence-electron chi connectivity index (χ0n) is 8.46. The Morgan fingerprint density at radius 2 is 2.23 bits per heavy atom. The fourth-order valence-corrected chi connectivity index (χ4v) is 1.64. The maximum Gasteiger partial charge on any atom is 0.183 e. The summed E-state index contributed by atoms with van der Waals surface area (Å²) in [5, 5.41) is 15.5. The van der Waals surface area contributed by atoms with Crippen molar-refractivity contribution in [3.63, 3.8) is 0 Å². The number of thiazole rings is 1. The molecule has 4 heteroatoms. The van der Waals surface area contributed by atoms with Gasteiger partial charge >= 0.3 is 0 Å². The molecule has 13 heavy (non-hydrogen) atoms. The van der Waals surface area contributed by atoms with Crippen LogP contribution in [0.1, 0.15) is 26.5 Å². The first-order valence-electron chi connectivity index (χ1n) is 4.30. The molecule has 1 rings (SSSR count). The van der Waals surface area contributed by atoms with Gasteiger partial charge in [-0.25, -0.2) is 4.98 Å². The number of hydrogen-bond donors (Lipinski definition) is 2. The van der Waals surface area contributed by atoms with Crippen LogP contribution < -0.4 is 5.32 Å². The molecule has 0 aliphatic rings. The first-order chi connectivity index (χ1) is 5.92. The molecule has 1 aromatic rings. The fraction of sp³-hybridized carbons (Fsp3) is 0.667. The Bertz CT molecular complexity index is 281. The lowest BCUT2D eigenvalue weighted by molar-refractivity contribution is 0.133. The molecule has 1 atom stereocenters. The van der Waals surface area contributed by atoms with Crippen molar-refractivity contribution in [2.45, 2.75) is 39.3 Å². The number of nitrogens with zero attached hydrogens (tertiary/aromatic N) is 1. The van der Waals surface area contributed by atoms with Gasteiger partial charge in [0.25, 0.3) is 0 Å². The van der Waals surface area contributed by atoms with E-state index in [0.717, 1.165) is 10.8 Å². The van der Waals surface area contributed by atoms with Crippen LogP contribution >= 0.6 is 11.3 Å². The van der Waals surface area contributed by atoms with Crippen LogP contribution in [0.15, 0.2) is 5.38 Å². The number of aliphatic hydroxyl groups is 1. The van der Waals surface area contributed by atoms with Crippen molar-refractivity contribution in [3.8, 4) is 0 Å². The summed E-state index contributed by atoms with van der Waals surface area (Å²) in [5.41, 5.74) is 0.679. The quantitative estimate of drug-likeness (QED) is 0.784. The Kier molecular flexibility index (Phi) is 2.93. The van der Waals surface area contributed by atoms with Crippen LogP contribution in [0.4, 0.5) is 5.13 Å². The molecular formula is C9H16N2OS. The molecule has 0 saturated heterocycles. The molecule has 1 unspecified atom stereocenters. The maximum absolute atomic E-state index is 9.46. The predicted molar refractivity (Wildman–Crippen MR) is 56.2 cm³/mol. The number of aryl methyl sites for hydroxylation is 1. The molecule has 0 amide bonds. The lowest BCUT2D eigenvalue weighted by Crippen LogP contribution is -2.41. The van der Waals surface area contributed by atoms with Gasteiger partial charge in [0, 0.05) is 5.38 Å². The Hall–Kier alpha value is -0.610. The van der Waals surface area contributed by atoms with Crippen LogP contribution in [0.5, 0.6) is 0 Å². The summed E-state index contributed by atoms with van der Waals surface area (Å²) in [6, 6.07) is 0. The van der Waals surface area contributed by atoms with E-state index in [9.17, 15) is 5.11 Å². The van der Waals surface area contributed by atoms with E-state index in [1.165, 1.54) is 0 Å². The van der Waals surface area contributed by atoms with Crippen molar-refractivity contribution in [1.82, 2.24) is 4.98 Å². The van der Waals surface area contributed by atoms with E-state index in [0.29, 0.717) is 0 Å². The topological polar surface area (TPSA) is 45.1 Å². The first kappa shape index (κ1) is 10.5. The summed E-state index contributed by atoms with van der Waals surface area (Å²) >= 11 is 1.56. The normalized spacial score (nSPS) is 14.2. The molecule has 0 aliphatic heterocycles. The van der Waals surface area contributed by atoms with Crippen molar-refractivity contribution in [2.24, 2.45) is 0 Å². The molecule has 0 saturated carbocycles. The van der Waals surface area contributed by atoms with Gasteiger partial charge in [-0.15, -0.1) is 11.3 Å². The van der Waals surface area contributed by atoms with Crippen LogP contribution in [0.3, 0.4) is 0 Å². The van der Waals surface area contributed by atoms with Gasteiger partial charge in [0.2, 0.25) is 0 Å². The third-order valence-electron chi connectivity index (χ3n) is 2.09. The molecule has 1 aromatic heterocycles. The smallest absolute Gasteiger partial charge is 0.183 e. The van der Waals surface area contributed by atoms with Gasteiger partial charge in [-0.2, -0.15) is 0 Å². The summed E-state index contributed by atoms with van der Waals surface area (Å²) < 4.78 is 0. The molecular weight excluding hydrogens is 184 g/mol. The molecule has 0 radical (unpaired) electrons. The van der Waals surface area contributed by atoms with E-state index in [2.05, 4.69) is 10.3 Å². The summed E-state index contributed by atoms with van der Waals surface area (Å²) in [6.07, 6.45) is -0.406. The minimum atomic E-state index is -0.406. The van der Waals surface area contributed by atoms with E-state index in [-0.39, 0.29) is 5.54 Å². The third-order valence-corrected chi connectivity index (χ3v) is 2.97. The highest BCUT2D eigenvalue weighted by Gasteiger charge is 2.24. The lowest BCUT2D eigenvalue weighted by Gasteiger charge is -2.28. The molecule has 3 nitrogen and oxygen atoms in total. The van der Waals surface area contributed by atoms with Gasteiger partial charge < -0.3 is 10.4 Å². The largest absolute Gasteiger partial charge is 0.391 e. The van der Waals surface area contributed by atoms with Gasteiger partial charge in [0.1, 0.15) is 0 Å². The third kappa shape index (κ3) is 2.67. The van der Waals surface area contributed by atoms with E-state index >= 15 is 0 Å². The van der Waals surface area contributed by atoms with Crippen molar-refractivity contribution in [3.05, 3.63) is 11.1 Å². The van der Waals surface area contributed by atoms with E-state index in [1.54, 1.807) is 18.3 Å². The molecule has 1 heterocycles. The summed E-state index contributed by atoms with van der Waals surface area (Å²) in [5.74, 6) is 0. The molecule has 74 valence electrons. The Morgan fingerprint density at radius 1 is 1.62 bits per heavy atom. The van der Waals surface area contributed by atoms with Gasteiger partial charge in [0.05, 0.1) is 17.3 Å². The highest BCUT2D eigenvalue weighted by Crippen LogP contribution is 2.21. The Morgan fingerprint density at radius 3 is 2.62 bits per heavy atom. The number of anilines is 1. The van der Waals surface area contributed by atoms with Crippen molar-refractivity contribution in [2.75, 3.05) is 5.32 Å². The second kappa shape index (κ2) is 3.64. The van der Waals surface area contributed by atoms with Gasteiger partial charge in [0.15, 0.2) is 5.13 Å². The SMILES string of the molecule is Cc1csc(NC(C)(C)C(C)O)n1. The zero-order chi connectivity index (χ0) is 10.1. The van der Waals surface area contributed by atoms with Gasteiger partial charge in [-0.05, 0) is 27.7 Å². The highest BCUT2D eigenvalue weighted by atomic mass is 32.1. The van der Waals surface area contributed by atoms with Crippen LogP contribution in [0.25, 0.3) is 0 Å². The van der Waals surface area contributed by atoms with Crippen LogP contribution in [-0.4, -0.2) is 21.7 Å².